The minimum atomic E-state index is -4.93. The Bertz CT molecular complexity index is 1890. The van der Waals surface area contributed by atoms with Crippen molar-refractivity contribution in [2.45, 2.75) is 75.6 Å². The van der Waals surface area contributed by atoms with Crippen LogP contribution in [0.1, 0.15) is 67.5 Å². The molecule has 0 amide bonds. The van der Waals surface area contributed by atoms with Crippen LogP contribution in [0.4, 0.5) is 8.78 Å². The second-order valence-electron chi connectivity index (χ2n) is 12.4. The van der Waals surface area contributed by atoms with Crippen molar-refractivity contribution in [3.63, 3.8) is 0 Å². The summed E-state index contributed by atoms with van der Waals surface area (Å²) in [6.45, 7) is 1.82. The van der Waals surface area contributed by atoms with Gasteiger partial charge in [-0.05, 0) is 57.0 Å². The Morgan fingerprint density at radius 3 is 2.07 bits per heavy atom. The number of ether oxygens (including phenoxy) is 1. The molecule has 0 fully saturated rings. The van der Waals surface area contributed by atoms with E-state index in [0.29, 0.717) is 48.3 Å². The molecule has 4 atom stereocenters. The zero-order valence-electron chi connectivity index (χ0n) is 31.1. The molecule has 0 radical (unpaired) electrons. The third kappa shape index (κ3) is 16.4. The molecule has 0 aliphatic carbocycles. The van der Waals surface area contributed by atoms with Crippen LogP contribution in [0.5, 0.6) is 0 Å². The number of carboxylic acid groups (broad SMARTS) is 2. The Hall–Kier alpha value is -4.59. The number of carbonyl (C=O) groups is 2. The van der Waals surface area contributed by atoms with Gasteiger partial charge in [0.2, 0.25) is 0 Å². The number of aromatic nitrogens is 4. The standard InChI is InChI=1S/C23H20F2N5O5PS.2C6H14N2O2/c1-15(22-29-21(10-37-22)17-4-2-16(9-26)3-5-17)23(11-30-13-27-12-28-30,34-14-35-36(31,32)33)19-7-6-18(24)8-20(19)25;2*7-4-2-1-3-5(8)6(9)10/h2-8,10,12-13,15H,11,14H2,1H3,(H2,31,32,33);2*5H,1-4,7-8H2,(H,9,10)/t15-,23+;2*5-/m000/s1/i2+1,3+1,4+1,5+1,16+1,17+1;;. The molecule has 2 aromatic heterocycles. The fourth-order valence-electron chi connectivity index (χ4n) is 5.09. The average molecular weight is 846 g/mol. The first kappa shape index (κ1) is 48.6. The second-order valence-corrected chi connectivity index (χ2v) is 14.6. The van der Waals surface area contributed by atoms with Gasteiger partial charge < -0.3 is 47.7 Å². The van der Waals surface area contributed by atoms with E-state index in [2.05, 4.69) is 25.7 Å². The maximum atomic E-state index is 15.2. The van der Waals surface area contributed by atoms with Gasteiger partial charge in [0.15, 0.2) is 6.79 Å². The molecule has 312 valence electrons. The summed E-state index contributed by atoms with van der Waals surface area (Å²) in [5, 5.41) is 32.0. The van der Waals surface area contributed by atoms with Crippen LogP contribution in [0, 0.1) is 23.0 Å². The van der Waals surface area contributed by atoms with Gasteiger partial charge in [-0.15, -0.1) is 11.3 Å². The number of hydrogen-bond acceptors (Lipinski definition) is 14. The topological polar surface area (TPSA) is 322 Å². The largest absolute Gasteiger partial charge is 0.480 e. The minimum Gasteiger partial charge on any atom is -0.480 e. The number of phosphoric ester groups is 1. The molecule has 57 heavy (non-hydrogen) atoms. The molecule has 2 heterocycles. The Morgan fingerprint density at radius 2 is 1.60 bits per heavy atom. The minimum absolute atomic E-state index is 0.0960. The van der Waals surface area contributed by atoms with Gasteiger partial charge in [0, 0.05) is 28.5 Å². The monoisotopic (exact) mass is 845 g/mol. The van der Waals surface area contributed by atoms with Crippen molar-refractivity contribution in [3.8, 4) is 17.3 Å². The summed E-state index contributed by atoms with van der Waals surface area (Å²) in [6, 6.07) is 10.4. The number of thiazole rings is 1. The van der Waals surface area contributed by atoms with Crippen LogP contribution < -0.4 is 22.9 Å². The highest BCUT2D eigenvalue weighted by atomic mass is 32.1. The first-order valence-electron chi connectivity index (χ1n) is 17.4. The van der Waals surface area contributed by atoms with E-state index in [1.54, 1.807) is 36.6 Å². The zero-order chi connectivity index (χ0) is 42.6. The van der Waals surface area contributed by atoms with Gasteiger partial charge in [-0.2, -0.15) is 10.4 Å². The smallest absolute Gasteiger partial charge is 0.471 e. The maximum absolute atomic E-state index is 15.2. The number of rotatable bonds is 20. The van der Waals surface area contributed by atoms with Gasteiger partial charge in [0.1, 0.15) is 42.0 Å². The number of nitriles is 1. The number of nitrogens with zero attached hydrogens (tertiary/aromatic N) is 5. The highest BCUT2D eigenvalue weighted by molar-refractivity contribution is 7.46. The molecule has 0 saturated heterocycles. The third-order valence-electron chi connectivity index (χ3n) is 8.26. The fraction of sp³-hybridized carbons (Fsp3) is 0.429. The lowest BCUT2D eigenvalue weighted by atomic mass is 9.81. The predicted molar refractivity (Wildman–Crippen MR) is 205 cm³/mol. The van der Waals surface area contributed by atoms with Crippen LogP contribution in [0.3, 0.4) is 0 Å². The van der Waals surface area contributed by atoms with Gasteiger partial charge >= 0.3 is 19.8 Å². The molecule has 0 aliphatic rings. The number of phosphoric acid groups is 1. The van der Waals surface area contributed by atoms with Gasteiger partial charge in [-0.25, -0.2) is 28.0 Å². The number of unbranched alkanes of at least 4 members (excludes halogenated alkanes) is 2. The number of aliphatic carboxylic acids is 2. The molecule has 4 aromatic rings. The van der Waals surface area contributed by atoms with E-state index >= 15 is 4.39 Å². The van der Waals surface area contributed by atoms with Crippen molar-refractivity contribution in [2.75, 3.05) is 19.9 Å². The summed E-state index contributed by atoms with van der Waals surface area (Å²) in [5.41, 5.74) is 20.9. The molecule has 0 bridgehead atoms. The van der Waals surface area contributed by atoms with Crippen LogP contribution in [-0.2, 0) is 35.6 Å². The molecule has 0 saturated carbocycles. The Balaban J connectivity index is 0.000000461. The van der Waals surface area contributed by atoms with E-state index in [1.165, 1.54) is 34.7 Å². The van der Waals surface area contributed by atoms with Crippen LogP contribution in [0.2, 0.25) is 0 Å². The van der Waals surface area contributed by atoms with E-state index in [1.807, 2.05) is 0 Å². The van der Waals surface area contributed by atoms with Crippen molar-refractivity contribution in [2.24, 2.45) is 22.9 Å². The molecular weight excluding hydrogens is 797 g/mol. The van der Waals surface area contributed by atoms with E-state index in [9.17, 15) is 28.3 Å². The lowest BCUT2D eigenvalue weighted by Crippen LogP contribution is -2.41. The van der Waals surface area contributed by atoms with Crippen molar-refractivity contribution in [3.05, 3.63) is 88.3 Å². The van der Waals surface area contributed by atoms with Crippen LogP contribution in [-0.4, -0.2) is 83.7 Å². The summed E-state index contributed by atoms with van der Waals surface area (Å²) >= 11 is 1.25. The zero-order valence-corrected chi connectivity index (χ0v) is 32.8. The normalized spacial score (nSPS) is 13.8. The van der Waals surface area contributed by atoms with E-state index < -0.39 is 61.8 Å². The van der Waals surface area contributed by atoms with Gasteiger partial charge in [0.05, 0.1) is 28.9 Å². The molecule has 0 unspecified atom stereocenters. The lowest BCUT2D eigenvalue weighted by Gasteiger charge is -2.38. The third-order valence-corrected chi connectivity index (χ3v) is 9.73. The van der Waals surface area contributed by atoms with Crippen molar-refractivity contribution >= 4 is 31.1 Å². The van der Waals surface area contributed by atoms with E-state index in [0.717, 1.165) is 37.3 Å². The summed E-state index contributed by atoms with van der Waals surface area (Å²) in [6.07, 6.45) is 6.95. The predicted octanol–water partition coefficient (Wildman–Crippen LogP) is 3.39. The van der Waals surface area contributed by atoms with Gasteiger partial charge in [-0.1, -0.05) is 38.0 Å². The highest BCUT2D eigenvalue weighted by Gasteiger charge is 2.45. The molecule has 0 spiro atoms. The number of benzene rings is 2. The lowest BCUT2D eigenvalue weighted by molar-refractivity contribution is -0.141. The second kappa shape index (κ2) is 24.2. The maximum Gasteiger partial charge on any atom is 0.471 e. The molecule has 2 aromatic carbocycles. The number of carboxylic acids is 2. The van der Waals surface area contributed by atoms with Gasteiger partial charge in [-0.3, -0.25) is 14.1 Å². The fourth-order valence-corrected chi connectivity index (χ4v) is 6.25. The molecule has 0 aliphatic heterocycles. The quantitative estimate of drug-likeness (QED) is 0.0359. The Labute approximate surface area is 331 Å². The van der Waals surface area contributed by atoms with E-state index in [4.69, 9.17) is 43.1 Å². The summed E-state index contributed by atoms with van der Waals surface area (Å²) < 4.78 is 52.2. The van der Waals surface area contributed by atoms with Crippen LogP contribution in [0.25, 0.3) is 11.3 Å². The molecule has 18 nitrogen and oxygen atoms in total. The van der Waals surface area contributed by atoms with Gasteiger partial charge in [0.25, 0.3) is 0 Å². The first-order valence-corrected chi connectivity index (χ1v) is 19.8. The van der Waals surface area contributed by atoms with Crippen LogP contribution in [0.15, 0.2) is 60.5 Å². The highest BCUT2D eigenvalue weighted by Crippen LogP contribution is 2.46. The number of nitrogens with two attached hydrogens (primary N) is 4. The molecule has 12 N–H and O–H groups in total. The van der Waals surface area contributed by atoms with Crippen molar-refractivity contribution in [1.82, 2.24) is 19.7 Å². The molecular formula is C35H48F2N9O9PS. The Morgan fingerprint density at radius 1 is 1.00 bits per heavy atom. The number of halogens is 2. The van der Waals surface area contributed by atoms with Crippen molar-refractivity contribution < 1.29 is 52.2 Å². The summed E-state index contributed by atoms with van der Waals surface area (Å²) in [7, 11) is -4.93. The molecule has 22 heteroatoms. The molecule has 4 rings (SSSR count). The average Bonchev–Trinajstić information content (AvgIpc) is 3.87. The Kier molecular flexibility index (Phi) is 20.7. The van der Waals surface area contributed by atoms with Crippen molar-refractivity contribution in [1.29, 1.82) is 5.26 Å². The SMILES string of the molecule is C[C@@H](c1nc(-[13c]2[13cH][13cH][13c](C#N)[13cH][13cH]2)cs1)[C@@](Cn1cncn1)(OCOP(=O)(O)O)c1ccc(F)cc1F.NCCCC[C@H](N)C(=O)O.NCCCC[C@H](N)C(=O)O. The van der Waals surface area contributed by atoms with E-state index in [-0.39, 0.29) is 12.1 Å². The first-order chi connectivity index (χ1) is 27.0. The number of hydrogen-bond donors (Lipinski definition) is 8. The summed E-state index contributed by atoms with van der Waals surface area (Å²) in [4.78, 5) is 47.2. The summed E-state index contributed by atoms with van der Waals surface area (Å²) in [5.74, 6) is -4.37. The van der Waals surface area contributed by atoms with Crippen LogP contribution >= 0.6 is 19.2 Å².